The van der Waals surface area contributed by atoms with Gasteiger partial charge in [0.15, 0.2) is 5.69 Å². The fourth-order valence-corrected chi connectivity index (χ4v) is 1.36. The van der Waals surface area contributed by atoms with E-state index in [0.29, 0.717) is 5.78 Å². The standard InChI is InChI=1S/C9H10N4O2/c1-5(2)7-3-6(8(14)15)12-9-10-4-11-13(7)9/h3-5H,1-2H3,(H,14,15). The summed E-state index contributed by atoms with van der Waals surface area (Å²) in [6.07, 6.45) is 1.36. The van der Waals surface area contributed by atoms with Crippen molar-refractivity contribution >= 4 is 11.7 Å². The molecular weight excluding hydrogens is 196 g/mol. The Kier molecular flexibility index (Phi) is 2.11. The van der Waals surface area contributed by atoms with Gasteiger partial charge < -0.3 is 5.11 Å². The van der Waals surface area contributed by atoms with Gasteiger partial charge in [0.25, 0.3) is 5.78 Å². The fraction of sp³-hybridized carbons (Fsp3) is 0.333. The van der Waals surface area contributed by atoms with Crippen LogP contribution < -0.4 is 0 Å². The van der Waals surface area contributed by atoms with Crippen molar-refractivity contribution in [1.29, 1.82) is 0 Å². The Bertz CT molecular complexity index is 518. The molecule has 2 heterocycles. The van der Waals surface area contributed by atoms with Crippen molar-refractivity contribution in [2.75, 3.05) is 0 Å². The number of carbonyl (C=O) groups is 1. The highest BCUT2D eigenvalue weighted by Crippen LogP contribution is 2.15. The highest BCUT2D eigenvalue weighted by atomic mass is 16.4. The second-order valence-corrected chi connectivity index (χ2v) is 3.50. The van der Waals surface area contributed by atoms with Gasteiger partial charge >= 0.3 is 5.97 Å². The van der Waals surface area contributed by atoms with Crippen LogP contribution in [0.1, 0.15) is 35.9 Å². The number of nitrogens with zero attached hydrogens (tertiary/aromatic N) is 4. The molecule has 0 aliphatic heterocycles. The van der Waals surface area contributed by atoms with Crippen molar-refractivity contribution in [2.24, 2.45) is 0 Å². The zero-order valence-electron chi connectivity index (χ0n) is 8.38. The molecule has 0 spiro atoms. The van der Waals surface area contributed by atoms with E-state index in [9.17, 15) is 4.79 Å². The van der Waals surface area contributed by atoms with E-state index in [-0.39, 0.29) is 11.6 Å². The van der Waals surface area contributed by atoms with Crippen LogP contribution in [0.4, 0.5) is 0 Å². The first kappa shape index (κ1) is 9.57. The van der Waals surface area contributed by atoms with Gasteiger partial charge in [-0.3, -0.25) is 0 Å². The summed E-state index contributed by atoms with van der Waals surface area (Å²) in [5.74, 6) is -0.573. The monoisotopic (exact) mass is 206 g/mol. The van der Waals surface area contributed by atoms with Gasteiger partial charge in [0.2, 0.25) is 0 Å². The van der Waals surface area contributed by atoms with Gasteiger partial charge in [-0.15, -0.1) is 0 Å². The van der Waals surface area contributed by atoms with Crippen LogP contribution >= 0.6 is 0 Å². The number of carboxylic acids is 1. The van der Waals surface area contributed by atoms with Crippen LogP contribution in [0.5, 0.6) is 0 Å². The number of carboxylic acid groups (broad SMARTS) is 1. The Morgan fingerprint density at radius 2 is 2.27 bits per heavy atom. The predicted octanol–water partition coefficient (Wildman–Crippen LogP) is 0.946. The average Bonchev–Trinajstić information content (AvgIpc) is 2.62. The number of aromatic carboxylic acids is 1. The molecule has 0 aromatic carbocycles. The molecular formula is C9H10N4O2. The topological polar surface area (TPSA) is 80.4 Å². The molecule has 0 unspecified atom stereocenters. The smallest absolute Gasteiger partial charge is 0.354 e. The molecule has 78 valence electrons. The van der Waals surface area contributed by atoms with Crippen LogP contribution in [0.3, 0.4) is 0 Å². The van der Waals surface area contributed by atoms with Gasteiger partial charge in [0.05, 0.1) is 5.69 Å². The van der Waals surface area contributed by atoms with E-state index in [4.69, 9.17) is 5.11 Å². The molecule has 0 aliphatic rings. The van der Waals surface area contributed by atoms with Crippen LogP contribution in [0.2, 0.25) is 0 Å². The van der Waals surface area contributed by atoms with Crippen molar-refractivity contribution in [2.45, 2.75) is 19.8 Å². The Hall–Kier alpha value is -1.98. The number of rotatable bonds is 2. The maximum absolute atomic E-state index is 10.8. The van der Waals surface area contributed by atoms with Gasteiger partial charge in [-0.05, 0) is 12.0 Å². The van der Waals surface area contributed by atoms with Gasteiger partial charge in [-0.1, -0.05) is 13.8 Å². The van der Waals surface area contributed by atoms with Gasteiger partial charge in [-0.25, -0.2) is 14.3 Å². The summed E-state index contributed by atoms with van der Waals surface area (Å²) >= 11 is 0. The lowest BCUT2D eigenvalue weighted by Gasteiger charge is -2.07. The maximum Gasteiger partial charge on any atom is 0.354 e. The Morgan fingerprint density at radius 3 is 2.87 bits per heavy atom. The van der Waals surface area contributed by atoms with Crippen LogP contribution in [0, 0.1) is 0 Å². The minimum absolute atomic E-state index is 0.000741. The van der Waals surface area contributed by atoms with Crippen molar-refractivity contribution in [1.82, 2.24) is 19.6 Å². The SMILES string of the molecule is CC(C)c1cc(C(=O)O)nc2ncnn12. The Balaban J connectivity index is 2.74. The minimum atomic E-state index is -1.05. The van der Waals surface area contributed by atoms with E-state index < -0.39 is 5.97 Å². The Labute approximate surface area is 85.6 Å². The van der Waals surface area contributed by atoms with E-state index in [2.05, 4.69) is 15.1 Å². The fourth-order valence-electron chi connectivity index (χ4n) is 1.36. The molecule has 1 N–H and O–H groups in total. The molecule has 0 saturated heterocycles. The molecule has 2 rings (SSSR count). The van der Waals surface area contributed by atoms with Gasteiger partial charge in [0.1, 0.15) is 6.33 Å². The first-order valence-electron chi connectivity index (χ1n) is 4.53. The first-order chi connectivity index (χ1) is 7.09. The third-order valence-electron chi connectivity index (χ3n) is 2.09. The summed E-state index contributed by atoms with van der Waals surface area (Å²) in [7, 11) is 0. The second-order valence-electron chi connectivity index (χ2n) is 3.50. The first-order valence-corrected chi connectivity index (χ1v) is 4.53. The molecule has 0 saturated carbocycles. The molecule has 6 heteroatoms. The van der Waals surface area contributed by atoms with E-state index in [1.54, 1.807) is 4.52 Å². The highest BCUT2D eigenvalue weighted by molar-refractivity contribution is 5.85. The average molecular weight is 206 g/mol. The molecule has 2 aromatic rings. The highest BCUT2D eigenvalue weighted by Gasteiger charge is 2.13. The largest absolute Gasteiger partial charge is 0.477 e. The number of fused-ring (bicyclic) bond motifs is 1. The van der Waals surface area contributed by atoms with Crippen molar-refractivity contribution < 1.29 is 9.90 Å². The number of hydrogen-bond acceptors (Lipinski definition) is 4. The predicted molar refractivity (Wildman–Crippen MR) is 51.8 cm³/mol. The molecule has 0 aliphatic carbocycles. The number of hydrogen-bond donors (Lipinski definition) is 1. The van der Waals surface area contributed by atoms with E-state index in [0.717, 1.165) is 5.69 Å². The summed E-state index contributed by atoms with van der Waals surface area (Å²) in [5.41, 5.74) is 0.786. The molecule has 6 nitrogen and oxygen atoms in total. The maximum atomic E-state index is 10.8. The summed E-state index contributed by atoms with van der Waals surface area (Å²) in [6, 6.07) is 1.52. The van der Waals surface area contributed by atoms with Crippen LogP contribution in [-0.2, 0) is 0 Å². The quantitative estimate of drug-likeness (QED) is 0.791. The molecule has 0 radical (unpaired) electrons. The molecule has 0 atom stereocenters. The summed E-state index contributed by atoms with van der Waals surface area (Å²) < 4.78 is 1.55. The third-order valence-corrected chi connectivity index (χ3v) is 2.09. The third kappa shape index (κ3) is 1.54. The summed E-state index contributed by atoms with van der Waals surface area (Å²) in [5, 5.41) is 12.9. The van der Waals surface area contributed by atoms with E-state index >= 15 is 0 Å². The Morgan fingerprint density at radius 1 is 1.53 bits per heavy atom. The van der Waals surface area contributed by atoms with Crippen LogP contribution in [0.15, 0.2) is 12.4 Å². The molecule has 0 bridgehead atoms. The minimum Gasteiger partial charge on any atom is -0.477 e. The second kappa shape index (κ2) is 3.30. The van der Waals surface area contributed by atoms with E-state index in [1.807, 2.05) is 13.8 Å². The van der Waals surface area contributed by atoms with Crippen molar-refractivity contribution in [3.63, 3.8) is 0 Å². The summed E-state index contributed by atoms with van der Waals surface area (Å²) in [6.45, 7) is 3.92. The zero-order valence-corrected chi connectivity index (χ0v) is 8.38. The lowest BCUT2D eigenvalue weighted by atomic mass is 10.1. The molecule has 15 heavy (non-hydrogen) atoms. The van der Waals surface area contributed by atoms with Gasteiger partial charge in [0, 0.05) is 0 Å². The van der Waals surface area contributed by atoms with E-state index in [1.165, 1.54) is 12.4 Å². The molecule has 0 fully saturated rings. The lowest BCUT2D eigenvalue weighted by molar-refractivity contribution is 0.0690. The lowest BCUT2D eigenvalue weighted by Crippen LogP contribution is -2.08. The zero-order chi connectivity index (χ0) is 11.0. The normalized spacial score (nSPS) is 11.1. The number of aromatic nitrogens is 4. The van der Waals surface area contributed by atoms with Crippen LogP contribution in [-0.4, -0.2) is 30.7 Å². The van der Waals surface area contributed by atoms with Gasteiger partial charge in [-0.2, -0.15) is 10.1 Å². The summed E-state index contributed by atoms with van der Waals surface area (Å²) in [4.78, 5) is 18.6. The van der Waals surface area contributed by atoms with Crippen molar-refractivity contribution in [3.8, 4) is 0 Å². The van der Waals surface area contributed by atoms with Crippen LogP contribution in [0.25, 0.3) is 5.78 Å². The molecule has 2 aromatic heterocycles. The van der Waals surface area contributed by atoms with Crippen molar-refractivity contribution in [3.05, 3.63) is 23.8 Å². The molecule has 0 amide bonds.